The first-order valence-electron chi connectivity index (χ1n) is 8.13. The summed E-state index contributed by atoms with van der Waals surface area (Å²) in [6.45, 7) is 2.08. The number of hydrogen-bond acceptors (Lipinski definition) is 4. The van der Waals surface area contributed by atoms with Crippen LogP contribution in [0.5, 0.6) is 5.75 Å². The van der Waals surface area contributed by atoms with Crippen LogP contribution >= 0.6 is 27.3 Å². The Morgan fingerprint density at radius 3 is 2.72 bits per heavy atom. The van der Waals surface area contributed by atoms with Crippen LogP contribution in [0.4, 0.5) is 0 Å². The maximum absolute atomic E-state index is 10.7. The van der Waals surface area contributed by atoms with Crippen molar-refractivity contribution in [3.05, 3.63) is 58.0 Å². The Kier molecular flexibility index (Phi) is 4.23. The lowest BCUT2D eigenvalue weighted by Crippen LogP contribution is -2.08. The van der Waals surface area contributed by atoms with Crippen molar-refractivity contribution in [2.75, 3.05) is 0 Å². The Bertz CT molecular complexity index is 1070. The summed E-state index contributed by atoms with van der Waals surface area (Å²) in [4.78, 5) is 4.60. The lowest BCUT2D eigenvalue weighted by atomic mass is 9.95. The molecule has 126 valence electrons. The van der Waals surface area contributed by atoms with Crippen LogP contribution in [0.15, 0.2) is 52.4 Å². The number of rotatable bonds is 3. The van der Waals surface area contributed by atoms with E-state index in [1.54, 1.807) is 17.4 Å². The SMILES string of the molecule is CC[C@@H](N)c1ccc(-c2c(O)cc(Br)c3ncc4sccc4c23)cc1. The molecule has 0 bridgehead atoms. The number of benzene rings is 2. The number of phenols is 1. The third-order valence-corrected chi connectivity index (χ3v) is 6.03. The number of halogens is 1. The molecule has 3 nitrogen and oxygen atoms in total. The average Bonchev–Trinajstić information content (AvgIpc) is 3.10. The Balaban J connectivity index is 2.02. The van der Waals surface area contributed by atoms with Gasteiger partial charge in [-0.05, 0) is 51.0 Å². The first-order chi connectivity index (χ1) is 12.1. The molecule has 0 aliphatic carbocycles. The van der Waals surface area contributed by atoms with E-state index in [9.17, 15) is 5.11 Å². The van der Waals surface area contributed by atoms with Gasteiger partial charge in [0.1, 0.15) is 5.75 Å². The van der Waals surface area contributed by atoms with E-state index in [0.29, 0.717) is 0 Å². The van der Waals surface area contributed by atoms with Gasteiger partial charge in [-0.1, -0.05) is 31.2 Å². The number of fused-ring (bicyclic) bond motifs is 3. The van der Waals surface area contributed by atoms with E-state index in [1.165, 1.54) is 0 Å². The van der Waals surface area contributed by atoms with Crippen LogP contribution in [0.25, 0.3) is 32.1 Å². The number of hydrogen-bond donors (Lipinski definition) is 2. The monoisotopic (exact) mass is 412 g/mol. The standard InChI is InChI=1S/C20H17BrN2OS/c1-2-15(22)11-3-5-12(6-4-11)18-16(24)9-14(21)20-19(18)13-7-8-25-17(13)10-23-20/h3-10,15,24H,2,22H2,1H3/t15-/m1/s1. The number of aromatic hydroxyl groups is 1. The summed E-state index contributed by atoms with van der Waals surface area (Å²) in [5.41, 5.74) is 9.85. The molecule has 0 spiro atoms. The maximum atomic E-state index is 10.7. The molecule has 4 aromatic rings. The van der Waals surface area contributed by atoms with Crippen molar-refractivity contribution in [2.24, 2.45) is 5.73 Å². The zero-order valence-corrected chi connectivity index (χ0v) is 16.1. The molecule has 0 radical (unpaired) electrons. The fraction of sp³-hybridized carbons (Fsp3) is 0.150. The van der Waals surface area contributed by atoms with E-state index < -0.39 is 0 Å². The summed E-state index contributed by atoms with van der Waals surface area (Å²) in [6.07, 6.45) is 2.78. The van der Waals surface area contributed by atoms with E-state index in [2.05, 4.69) is 39.3 Å². The highest BCUT2D eigenvalue weighted by Gasteiger charge is 2.17. The van der Waals surface area contributed by atoms with Crippen molar-refractivity contribution >= 4 is 48.3 Å². The highest BCUT2D eigenvalue weighted by Crippen LogP contribution is 2.43. The third-order valence-electron chi connectivity index (χ3n) is 4.58. The van der Waals surface area contributed by atoms with E-state index in [4.69, 9.17) is 5.73 Å². The molecule has 0 saturated carbocycles. The lowest BCUT2D eigenvalue weighted by Gasteiger charge is -2.14. The van der Waals surface area contributed by atoms with E-state index in [0.717, 1.165) is 48.6 Å². The van der Waals surface area contributed by atoms with Crippen molar-refractivity contribution in [2.45, 2.75) is 19.4 Å². The normalized spacial score (nSPS) is 12.8. The van der Waals surface area contributed by atoms with Gasteiger partial charge in [0, 0.05) is 33.0 Å². The number of nitrogens with two attached hydrogens (primary N) is 1. The molecule has 0 fully saturated rings. The predicted molar refractivity (Wildman–Crippen MR) is 109 cm³/mol. The van der Waals surface area contributed by atoms with Crippen LogP contribution in [0.1, 0.15) is 24.9 Å². The Hall–Kier alpha value is -1.95. The number of phenolic OH excluding ortho intramolecular Hbond substituents is 1. The van der Waals surface area contributed by atoms with Crippen molar-refractivity contribution < 1.29 is 5.11 Å². The van der Waals surface area contributed by atoms with Crippen molar-refractivity contribution in [1.29, 1.82) is 0 Å². The first kappa shape index (κ1) is 16.5. The van der Waals surface area contributed by atoms with E-state index in [-0.39, 0.29) is 11.8 Å². The van der Waals surface area contributed by atoms with Crippen LogP contribution in [0, 0.1) is 0 Å². The van der Waals surface area contributed by atoms with Crippen LogP contribution in [0.3, 0.4) is 0 Å². The van der Waals surface area contributed by atoms with Crippen molar-refractivity contribution in [1.82, 2.24) is 4.98 Å². The fourth-order valence-corrected chi connectivity index (χ4v) is 4.47. The van der Waals surface area contributed by atoms with Gasteiger partial charge in [-0.2, -0.15) is 0 Å². The van der Waals surface area contributed by atoms with Gasteiger partial charge in [-0.25, -0.2) is 0 Å². The Morgan fingerprint density at radius 1 is 1.24 bits per heavy atom. The van der Waals surface area contributed by atoms with Gasteiger partial charge in [-0.3, -0.25) is 4.98 Å². The maximum Gasteiger partial charge on any atom is 0.125 e. The zero-order chi connectivity index (χ0) is 17.6. The Labute approximate surface area is 158 Å². The minimum absolute atomic E-state index is 0.0366. The summed E-state index contributed by atoms with van der Waals surface area (Å²) in [5.74, 6) is 0.243. The molecular formula is C20H17BrN2OS. The van der Waals surface area contributed by atoms with Gasteiger partial charge < -0.3 is 10.8 Å². The summed E-state index contributed by atoms with van der Waals surface area (Å²) >= 11 is 5.18. The largest absolute Gasteiger partial charge is 0.507 e. The minimum atomic E-state index is 0.0366. The number of pyridine rings is 1. The van der Waals surface area contributed by atoms with E-state index in [1.807, 2.05) is 30.5 Å². The predicted octanol–water partition coefficient (Wildman–Crippen LogP) is 5.99. The molecule has 0 amide bonds. The Morgan fingerprint density at radius 2 is 2.00 bits per heavy atom. The molecule has 0 aliphatic heterocycles. The first-order valence-corrected chi connectivity index (χ1v) is 9.80. The van der Waals surface area contributed by atoms with Crippen LogP contribution in [-0.2, 0) is 0 Å². The van der Waals surface area contributed by atoms with Crippen molar-refractivity contribution in [3.8, 4) is 16.9 Å². The van der Waals surface area contributed by atoms with Gasteiger partial charge in [0.15, 0.2) is 0 Å². The average molecular weight is 413 g/mol. The summed E-state index contributed by atoms with van der Waals surface area (Å²) < 4.78 is 1.90. The second kappa shape index (κ2) is 6.41. The smallest absolute Gasteiger partial charge is 0.125 e. The summed E-state index contributed by atoms with van der Waals surface area (Å²) in [7, 11) is 0. The van der Waals surface area contributed by atoms with Crippen LogP contribution < -0.4 is 5.73 Å². The molecule has 0 saturated heterocycles. The highest BCUT2D eigenvalue weighted by atomic mass is 79.9. The second-order valence-electron chi connectivity index (χ2n) is 6.07. The van der Waals surface area contributed by atoms with Crippen LogP contribution in [0.2, 0.25) is 0 Å². The number of thiophene rings is 1. The molecule has 1 atom stereocenters. The van der Waals surface area contributed by atoms with E-state index >= 15 is 0 Å². The highest BCUT2D eigenvalue weighted by molar-refractivity contribution is 9.10. The molecule has 2 aromatic heterocycles. The van der Waals surface area contributed by atoms with Gasteiger partial charge in [0.05, 0.1) is 10.2 Å². The minimum Gasteiger partial charge on any atom is -0.507 e. The second-order valence-corrected chi connectivity index (χ2v) is 7.87. The molecule has 0 aliphatic rings. The molecule has 4 rings (SSSR count). The van der Waals surface area contributed by atoms with Crippen LogP contribution in [-0.4, -0.2) is 10.1 Å². The summed E-state index contributed by atoms with van der Waals surface area (Å²) in [5, 5.41) is 14.8. The third kappa shape index (κ3) is 2.72. The molecule has 3 N–H and O–H groups in total. The van der Waals surface area contributed by atoms with Gasteiger partial charge in [-0.15, -0.1) is 11.3 Å². The van der Waals surface area contributed by atoms with Crippen molar-refractivity contribution in [3.63, 3.8) is 0 Å². The van der Waals surface area contributed by atoms with Gasteiger partial charge in [0.2, 0.25) is 0 Å². The fourth-order valence-electron chi connectivity index (χ4n) is 3.19. The molecular weight excluding hydrogens is 396 g/mol. The summed E-state index contributed by atoms with van der Waals surface area (Å²) in [6, 6.07) is 12.0. The van der Waals surface area contributed by atoms with Gasteiger partial charge >= 0.3 is 0 Å². The number of aromatic nitrogens is 1. The molecule has 25 heavy (non-hydrogen) atoms. The quantitative estimate of drug-likeness (QED) is 0.434. The molecule has 2 heterocycles. The number of nitrogens with zero attached hydrogens (tertiary/aromatic N) is 1. The zero-order valence-electron chi connectivity index (χ0n) is 13.7. The molecule has 2 aromatic carbocycles. The van der Waals surface area contributed by atoms with Gasteiger partial charge in [0.25, 0.3) is 0 Å². The lowest BCUT2D eigenvalue weighted by molar-refractivity contribution is 0.478. The molecule has 5 heteroatoms. The molecule has 0 unspecified atom stereocenters. The topological polar surface area (TPSA) is 59.1 Å².